The maximum Gasteiger partial charge on any atom is 0.212 e. The molecule has 0 atom stereocenters. The van der Waals surface area contributed by atoms with Crippen LogP contribution in [0.5, 0.6) is 0 Å². The molecular formula is C26H18N2O. The van der Waals surface area contributed by atoms with Crippen LogP contribution in [0, 0.1) is 0 Å². The number of ketones is 1. The summed E-state index contributed by atoms with van der Waals surface area (Å²) >= 11 is 0. The first-order valence-corrected chi connectivity index (χ1v) is 9.62. The zero-order valence-corrected chi connectivity index (χ0v) is 15.7. The number of aromatic nitrogens is 2. The monoisotopic (exact) mass is 374 g/mol. The first kappa shape index (κ1) is 17.3. The molecule has 5 rings (SSSR count). The maximum atomic E-state index is 13.3. The van der Waals surface area contributed by atoms with Gasteiger partial charge in [-0.15, -0.1) is 0 Å². The molecule has 0 aliphatic rings. The Bertz CT molecular complexity index is 1330. The molecule has 0 fully saturated rings. The van der Waals surface area contributed by atoms with Crippen molar-refractivity contribution in [3.63, 3.8) is 0 Å². The van der Waals surface area contributed by atoms with Crippen LogP contribution in [0.1, 0.15) is 27.4 Å². The van der Waals surface area contributed by atoms with E-state index in [0.29, 0.717) is 23.5 Å². The van der Waals surface area contributed by atoms with E-state index >= 15 is 0 Å². The van der Waals surface area contributed by atoms with Crippen LogP contribution in [0.2, 0.25) is 0 Å². The van der Waals surface area contributed by atoms with Gasteiger partial charge in [0.1, 0.15) is 11.5 Å². The van der Waals surface area contributed by atoms with E-state index in [0.717, 1.165) is 27.2 Å². The molecule has 0 unspecified atom stereocenters. The molecule has 5 aromatic rings. The van der Waals surface area contributed by atoms with E-state index < -0.39 is 0 Å². The Balaban J connectivity index is 1.75. The van der Waals surface area contributed by atoms with Crippen LogP contribution >= 0.6 is 0 Å². The van der Waals surface area contributed by atoms with E-state index in [-0.39, 0.29) is 5.78 Å². The van der Waals surface area contributed by atoms with Gasteiger partial charge in [-0.25, -0.2) is 9.97 Å². The van der Waals surface area contributed by atoms with Crippen molar-refractivity contribution in [2.75, 3.05) is 0 Å². The molecule has 1 aromatic heterocycles. The molecule has 0 amide bonds. The standard InChI is InChI=1S/C26H18N2O/c29-26(20-12-5-2-6-13-20)25-22-16-15-19-11-7-8-14-21(19)24(22)27-23(28-25)17-18-9-3-1-4-10-18/h1-16H,17H2. The lowest BCUT2D eigenvalue weighted by Gasteiger charge is -2.11. The average molecular weight is 374 g/mol. The Labute approximate surface area is 168 Å². The summed E-state index contributed by atoms with van der Waals surface area (Å²) in [6.45, 7) is 0. The van der Waals surface area contributed by atoms with Gasteiger partial charge in [-0.1, -0.05) is 91.0 Å². The third-order valence-electron chi connectivity index (χ3n) is 5.09. The topological polar surface area (TPSA) is 42.9 Å². The maximum absolute atomic E-state index is 13.3. The molecule has 0 N–H and O–H groups in total. The minimum atomic E-state index is -0.0809. The quantitative estimate of drug-likeness (QED) is 0.303. The molecular weight excluding hydrogens is 356 g/mol. The third kappa shape index (κ3) is 3.27. The van der Waals surface area contributed by atoms with Crippen LogP contribution in [-0.2, 0) is 6.42 Å². The Kier molecular flexibility index (Phi) is 4.34. The van der Waals surface area contributed by atoms with E-state index in [2.05, 4.69) is 18.2 Å². The van der Waals surface area contributed by atoms with Crippen molar-refractivity contribution in [3.05, 3.63) is 120 Å². The van der Waals surface area contributed by atoms with Crippen molar-refractivity contribution in [1.29, 1.82) is 0 Å². The average Bonchev–Trinajstić information content (AvgIpc) is 2.79. The second kappa shape index (κ2) is 7.28. The highest BCUT2D eigenvalue weighted by Gasteiger charge is 2.18. The number of carbonyl (C=O) groups excluding carboxylic acids is 1. The van der Waals surface area contributed by atoms with Gasteiger partial charge in [0.2, 0.25) is 5.78 Å². The Morgan fingerprint density at radius 3 is 2.14 bits per heavy atom. The van der Waals surface area contributed by atoms with Crippen molar-refractivity contribution in [1.82, 2.24) is 9.97 Å². The van der Waals surface area contributed by atoms with Crippen LogP contribution < -0.4 is 0 Å². The summed E-state index contributed by atoms with van der Waals surface area (Å²) < 4.78 is 0. The summed E-state index contributed by atoms with van der Waals surface area (Å²) in [5.41, 5.74) is 3.03. The molecule has 0 saturated heterocycles. The first-order chi connectivity index (χ1) is 14.3. The second-order valence-corrected chi connectivity index (χ2v) is 7.03. The molecule has 4 aromatic carbocycles. The van der Waals surface area contributed by atoms with E-state index in [1.54, 1.807) is 0 Å². The second-order valence-electron chi connectivity index (χ2n) is 7.03. The molecule has 3 heteroatoms. The zero-order chi connectivity index (χ0) is 19.6. The number of carbonyl (C=O) groups is 1. The number of hydrogen-bond acceptors (Lipinski definition) is 3. The van der Waals surface area contributed by atoms with Crippen LogP contribution in [0.25, 0.3) is 21.7 Å². The van der Waals surface area contributed by atoms with Gasteiger partial charge in [-0.05, 0) is 17.0 Å². The van der Waals surface area contributed by atoms with E-state index in [9.17, 15) is 4.79 Å². The number of fused-ring (bicyclic) bond motifs is 3. The van der Waals surface area contributed by atoms with Gasteiger partial charge in [0, 0.05) is 22.8 Å². The Morgan fingerprint density at radius 2 is 1.34 bits per heavy atom. The van der Waals surface area contributed by atoms with Crippen LogP contribution in [0.4, 0.5) is 0 Å². The summed E-state index contributed by atoms with van der Waals surface area (Å²) in [6, 6.07) is 31.5. The fraction of sp³-hybridized carbons (Fsp3) is 0.0385. The highest BCUT2D eigenvalue weighted by atomic mass is 16.1. The SMILES string of the molecule is O=C(c1ccccc1)c1nc(Cc2ccccc2)nc2c1ccc1ccccc12. The minimum absolute atomic E-state index is 0.0809. The molecule has 138 valence electrons. The van der Waals surface area contributed by atoms with Gasteiger partial charge >= 0.3 is 0 Å². The highest BCUT2D eigenvalue weighted by molar-refractivity contribution is 6.18. The molecule has 0 radical (unpaired) electrons. The normalized spacial score (nSPS) is 11.0. The van der Waals surface area contributed by atoms with Crippen LogP contribution in [0.3, 0.4) is 0 Å². The van der Waals surface area contributed by atoms with Crippen molar-refractivity contribution >= 4 is 27.5 Å². The Hall–Kier alpha value is -3.85. The van der Waals surface area contributed by atoms with Gasteiger partial charge in [0.15, 0.2) is 0 Å². The lowest BCUT2D eigenvalue weighted by Crippen LogP contribution is -2.09. The summed E-state index contributed by atoms with van der Waals surface area (Å²) in [7, 11) is 0. The molecule has 0 aliphatic carbocycles. The third-order valence-corrected chi connectivity index (χ3v) is 5.09. The summed E-state index contributed by atoms with van der Waals surface area (Å²) in [4.78, 5) is 22.9. The predicted octanol–water partition coefficient (Wildman–Crippen LogP) is 5.60. The van der Waals surface area contributed by atoms with Gasteiger partial charge in [0.05, 0.1) is 5.52 Å². The largest absolute Gasteiger partial charge is 0.287 e. The first-order valence-electron chi connectivity index (χ1n) is 9.62. The molecule has 0 bridgehead atoms. The van der Waals surface area contributed by atoms with E-state index in [4.69, 9.17) is 9.97 Å². The van der Waals surface area contributed by atoms with Crippen molar-refractivity contribution in [2.24, 2.45) is 0 Å². The van der Waals surface area contributed by atoms with Crippen molar-refractivity contribution < 1.29 is 4.79 Å². The molecule has 0 aliphatic heterocycles. The summed E-state index contributed by atoms with van der Waals surface area (Å²) in [6.07, 6.45) is 0.578. The number of rotatable bonds is 4. The summed E-state index contributed by atoms with van der Waals surface area (Å²) in [5, 5.41) is 2.92. The fourth-order valence-corrected chi connectivity index (χ4v) is 3.67. The minimum Gasteiger partial charge on any atom is -0.287 e. The molecule has 29 heavy (non-hydrogen) atoms. The Morgan fingerprint density at radius 1 is 0.655 bits per heavy atom. The lowest BCUT2D eigenvalue weighted by atomic mass is 10.0. The van der Waals surface area contributed by atoms with E-state index in [1.807, 2.05) is 78.9 Å². The smallest absolute Gasteiger partial charge is 0.212 e. The lowest BCUT2D eigenvalue weighted by molar-refractivity contribution is 0.103. The van der Waals surface area contributed by atoms with Crippen LogP contribution in [-0.4, -0.2) is 15.8 Å². The fourth-order valence-electron chi connectivity index (χ4n) is 3.67. The van der Waals surface area contributed by atoms with Gasteiger partial charge in [-0.3, -0.25) is 4.79 Å². The molecule has 0 spiro atoms. The number of nitrogens with zero attached hydrogens (tertiary/aromatic N) is 2. The van der Waals surface area contributed by atoms with Crippen molar-refractivity contribution in [2.45, 2.75) is 6.42 Å². The predicted molar refractivity (Wildman–Crippen MR) is 116 cm³/mol. The van der Waals surface area contributed by atoms with E-state index in [1.165, 1.54) is 0 Å². The molecule has 1 heterocycles. The number of hydrogen-bond donors (Lipinski definition) is 0. The molecule has 3 nitrogen and oxygen atoms in total. The summed E-state index contributed by atoms with van der Waals surface area (Å²) in [5.74, 6) is 0.571. The van der Waals surface area contributed by atoms with Gasteiger partial charge in [-0.2, -0.15) is 0 Å². The van der Waals surface area contributed by atoms with Crippen LogP contribution in [0.15, 0.2) is 97.1 Å². The van der Waals surface area contributed by atoms with Gasteiger partial charge in [0.25, 0.3) is 0 Å². The van der Waals surface area contributed by atoms with Crippen molar-refractivity contribution in [3.8, 4) is 0 Å². The van der Waals surface area contributed by atoms with Gasteiger partial charge < -0.3 is 0 Å². The zero-order valence-electron chi connectivity index (χ0n) is 15.7. The molecule has 0 saturated carbocycles. The highest BCUT2D eigenvalue weighted by Crippen LogP contribution is 2.27. The number of benzene rings is 4.